The Kier molecular flexibility index (Phi) is 39.9. The molecular formula is C3H12AlO5. The number of rotatable bonds is 2. The van der Waals surface area contributed by atoms with Crippen molar-refractivity contribution in [1.82, 2.24) is 0 Å². The topological polar surface area (TPSA) is 124 Å². The number of aliphatic hydroxyl groups excluding tert-OH is 3. The Morgan fingerprint density at radius 2 is 1.22 bits per heavy atom. The minimum Gasteiger partial charge on any atom is -0.412 e. The summed E-state index contributed by atoms with van der Waals surface area (Å²) in [7, 11) is 0. The van der Waals surface area contributed by atoms with Gasteiger partial charge in [-0.15, -0.1) is 0 Å². The van der Waals surface area contributed by atoms with Crippen LogP contribution in [-0.4, -0.2) is 63.0 Å². The molecule has 0 aliphatic heterocycles. The summed E-state index contributed by atoms with van der Waals surface area (Å²) in [4.78, 5) is 0. The second-order valence-corrected chi connectivity index (χ2v) is 1.02. The highest BCUT2D eigenvalue weighted by atomic mass is 27.0. The molecule has 0 saturated carbocycles. The van der Waals surface area contributed by atoms with Crippen LogP contribution in [0.5, 0.6) is 0 Å². The largest absolute Gasteiger partial charge is 0.412 e. The van der Waals surface area contributed by atoms with Crippen LogP contribution in [0.4, 0.5) is 0 Å². The molecular weight excluding hydrogens is 143 g/mol. The highest BCUT2D eigenvalue weighted by Gasteiger charge is 1.93. The van der Waals surface area contributed by atoms with Gasteiger partial charge in [-0.3, -0.25) is 0 Å². The standard InChI is InChI=1S/C3H8O3.Al.2H2O/c4-1-3(6)2-5;;;/h3-6H,1-2H2;;2*1H2. The Hall–Kier alpha value is 0.332. The van der Waals surface area contributed by atoms with Crippen molar-refractivity contribution in [3.05, 3.63) is 0 Å². The zero-order valence-corrected chi connectivity index (χ0v) is 6.07. The van der Waals surface area contributed by atoms with Crippen LogP contribution in [0.3, 0.4) is 0 Å². The van der Waals surface area contributed by atoms with E-state index in [1.54, 1.807) is 0 Å². The van der Waals surface area contributed by atoms with E-state index >= 15 is 0 Å². The van der Waals surface area contributed by atoms with Crippen LogP contribution in [0.1, 0.15) is 0 Å². The normalized spacial score (nSPS) is 6.67. The molecule has 0 aromatic carbocycles. The van der Waals surface area contributed by atoms with E-state index in [2.05, 4.69) is 0 Å². The lowest BCUT2D eigenvalue weighted by molar-refractivity contribution is 0.0450. The molecule has 5 nitrogen and oxygen atoms in total. The zero-order valence-electron chi connectivity index (χ0n) is 4.91. The number of hydrogen-bond acceptors (Lipinski definition) is 3. The third-order valence-corrected chi connectivity index (χ3v) is 0.421. The summed E-state index contributed by atoms with van der Waals surface area (Å²) in [5.41, 5.74) is 0. The first-order valence-electron chi connectivity index (χ1n) is 1.71. The third kappa shape index (κ3) is 17.8. The summed E-state index contributed by atoms with van der Waals surface area (Å²) in [5, 5.41) is 24.0. The summed E-state index contributed by atoms with van der Waals surface area (Å²) in [5.74, 6) is 0. The van der Waals surface area contributed by atoms with Gasteiger partial charge in [0.2, 0.25) is 0 Å². The van der Waals surface area contributed by atoms with Crippen molar-refractivity contribution in [2.75, 3.05) is 13.2 Å². The van der Waals surface area contributed by atoms with E-state index in [9.17, 15) is 0 Å². The Bertz CT molecular complexity index is 31.4. The average molecular weight is 155 g/mol. The van der Waals surface area contributed by atoms with Crippen LogP contribution in [0.25, 0.3) is 0 Å². The Morgan fingerprint density at radius 1 is 1.00 bits per heavy atom. The lowest BCUT2D eigenvalue weighted by Gasteiger charge is -1.96. The summed E-state index contributed by atoms with van der Waals surface area (Å²) >= 11 is 0. The van der Waals surface area contributed by atoms with Gasteiger partial charge in [0.15, 0.2) is 0 Å². The van der Waals surface area contributed by atoms with E-state index < -0.39 is 6.10 Å². The Morgan fingerprint density at radius 3 is 1.22 bits per heavy atom. The molecule has 0 amide bonds. The molecule has 7 N–H and O–H groups in total. The summed E-state index contributed by atoms with van der Waals surface area (Å²) in [6.45, 7) is -0.729. The molecule has 0 unspecified atom stereocenters. The number of aliphatic hydroxyl groups is 3. The maximum atomic E-state index is 8.17. The second-order valence-electron chi connectivity index (χ2n) is 1.02. The van der Waals surface area contributed by atoms with E-state index in [1.807, 2.05) is 0 Å². The van der Waals surface area contributed by atoms with Gasteiger partial charge in [-0.05, 0) is 0 Å². The molecule has 0 aliphatic carbocycles. The van der Waals surface area contributed by atoms with E-state index in [0.29, 0.717) is 0 Å². The fourth-order valence-corrected chi connectivity index (χ4v) is 0.0577. The zero-order chi connectivity index (χ0) is 4.99. The lowest BCUT2D eigenvalue weighted by Crippen LogP contribution is -2.15. The molecule has 57 valence electrons. The van der Waals surface area contributed by atoms with Crippen LogP contribution in [0.2, 0.25) is 0 Å². The smallest absolute Gasteiger partial charge is 0.100 e. The molecule has 3 radical (unpaired) electrons. The molecule has 0 aromatic rings. The maximum absolute atomic E-state index is 8.17. The fraction of sp³-hybridized carbons (Fsp3) is 1.00. The molecule has 0 rings (SSSR count). The fourth-order valence-electron chi connectivity index (χ4n) is 0.0577. The summed E-state index contributed by atoms with van der Waals surface area (Å²) in [6.07, 6.45) is -0.954. The van der Waals surface area contributed by atoms with Crippen LogP contribution in [0, 0.1) is 0 Å². The van der Waals surface area contributed by atoms with Gasteiger partial charge in [-0.1, -0.05) is 0 Å². The van der Waals surface area contributed by atoms with Crippen molar-refractivity contribution in [2.45, 2.75) is 6.10 Å². The predicted molar refractivity (Wildman–Crippen MR) is 33.2 cm³/mol. The predicted octanol–water partition coefficient (Wildman–Crippen LogP) is -3.70. The molecule has 0 atom stereocenters. The van der Waals surface area contributed by atoms with E-state index in [1.165, 1.54) is 0 Å². The van der Waals surface area contributed by atoms with Crippen molar-refractivity contribution in [1.29, 1.82) is 0 Å². The minimum atomic E-state index is -0.954. The van der Waals surface area contributed by atoms with E-state index in [0.717, 1.165) is 0 Å². The monoisotopic (exact) mass is 155 g/mol. The Labute approximate surface area is 63.7 Å². The first-order chi connectivity index (χ1) is 2.81. The molecule has 6 heteroatoms. The van der Waals surface area contributed by atoms with Gasteiger partial charge in [-0.2, -0.15) is 0 Å². The second kappa shape index (κ2) is 15.8. The van der Waals surface area contributed by atoms with Gasteiger partial charge in [0, 0.05) is 17.4 Å². The van der Waals surface area contributed by atoms with Crippen molar-refractivity contribution in [3.8, 4) is 0 Å². The number of hydrogen-bond donors (Lipinski definition) is 3. The van der Waals surface area contributed by atoms with E-state index in [4.69, 9.17) is 15.3 Å². The van der Waals surface area contributed by atoms with Crippen LogP contribution in [-0.2, 0) is 0 Å². The summed E-state index contributed by atoms with van der Waals surface area (Å²) < 4.78 is 0. The third-order valence-electron chi connectivity index (χ3n) is 0.421. The molecule has 0 heterocycles. The van der Waals surface area contributed by atoms with E-state index in [-0.39, 0.29) is 41.5 Å². The highest BCUT2D eigenvalue weighted by Crippen LogP contribution is 1.71. The molecule has 0 aromatic heterocycles. The van der Waals surface area contributed by atoms with Crippen LogP contribution < -0.4 is 0 Å². The van der Waals surface area contributed by atoms with Crippen LogP contribution >= 0.6 is 0 Å². The average Bonchev–Trinajstić information content (AvgIpc) is 1.65. The minimum absolute atomic E-state index is 0. The molecule has 0 bridgehead atoms. The molecule has 0 spiro atoms. The van der Waals surface area contributed by atoms with Gasteiger partial charge in [-0.25, -0.2) is 0 Å². The van der Waals surface area contributed by atoms with Gasteiger partial charge < -0.3 is 26.3 Å². The first kappa shape index (κ1) is 22.8. The lowest BCUT2D eigenvalue weighted by atomic mass is 10.4. The van der Waals surface area contributed by atoms with Crippen molar-refractivity contribution in [2.24, 2.45) is 0 Å². The molecule has 0 fully saturated rings. The van der Waals surface area contributed by atoms with Gasteiger partial charge in [0.25, 0.3) is 0 Å². The summed E-state index contributed by atoms with van der Waals surface area (Å²) in [6, 6.07) is 0. The van der Waals surface area contributed by atoms with Crippen molar-refractivity contribution < 1.29 is 26.3 Å². The molecule has 9 heavy (non-hydrogen) atoms. The highest BCUT2D eigenvalue weighted by molar-refractivity contribution is 5.75. The Balaban J connectivity index is -0.0000000417. The van der Waals surface area contributed by atoms with Crippen molar-refractivity contribution in [3.63, 3.8) is 0 Å². The van der Waals surface area contributed by atoms with Gasteiger partial charge >= 0.3 is 0 Å². The van der Waals surface area contributed by atoms with Gasteiger partial charge in [0.05, 0.1) is 13.2 Å². The first-order valence-corrected chi connectivity index (χ1v) is 1.71. The van der Waals surface area contributed by atoms with Gasteiger partial charge in [0.1, 0.15) is 6.10 Å². The van der Waals surface area contributed by atoms with Crippen LogP contribution in [0.15, 0.2) is 0 Å². The molecule has 0 aliphatic rings. The quantitative estimate of drug-likeness (QED) is 0.355. The maximum Gasteiger partial charge on any atom is 0.100 e. The molecule has 0 saturated heterocycles. The van der Waals surface area contributed by atoms with Crippen molar-refractivity contribution >= 4 is 17.4 Å². The SMILES string of the molecule is O.O.OCC(O)CO.[Al].